The van der Waals surface area contributed by atoms with E-state index in [0.717, 1.165) is 42.3 Å². The summed E-state index contributed by atoms with van der Waals surface area (Å²) in [5.41, 5.74) is 1.58. The van der Waals surface area contributed by atoms with Gasteiger partial charge in [-0.3, -0.25) is 9.59 Å². The molecule has 1 atom stereocenters. The Balaban J connectivity index is 1.76. The van der Waals surface area contributed by atoms with Crippen LogP contribution in [0.25, 0.3) is 10.8 Å². The van der Waals surface area contributed by atoms with Gasteiger partial charge in [-0.05, 0) is 41.7 Å². The standard InChI is InChI=1S/C28H34N2O3/c1-3-19-30(20-4-2)26(33)16-10-15-25(32)29-28(22-12-6-5-7-13-22)27-23-14-9-8-11-21(23)17-18-24(27)31/h5-9,11-14,17-18,28,31H,3-4,10,15-16,19-20H2,1-2H3,(H,29,32). The number of nitrogens with one attached hydrogen (secondary N) is 1. The lowest BCUT2D eigenvalue weighted by atomic mass is 9.92. The number of aromatic hydroxyl groups is 1. The Morgan fingerprint density at radius 1 is 0.879 bits per heavy atom. The van der Waals surface area contributed by atoms with Gasteiger partial charge in [0, 0.05) is 31.5 Å². The number of hydrogen-bond acceptors (Lipinski definition) is 3. The smallest absolute Gasteiger partial charge is 0.222 e. The maximum Gasteiger partial charge on any atom is 0.222 e. The molecule has 0 aliphatic heterocycles. The lowest BCUT2D eigenvalue weighted by molar-refractivity contribution is -0.131. The number of carbonyl (C=O) groups is 2. The highest BCUT2D eigenvalue weighted by molar-refractivity contribution is 5.89. The Bertz CT molecular complexity index is 1060. The van der Waals surface area contributed by atoms with E-state index in [9.17, 15) is 14.7 Å². The summed E-state index contributed by atoms with van der Waals surface area (Å²) in [6.07, 6.45) is 2.98. The number of phenols is 1. The molecule has 0 fully saturated rings. The maximum atomic E-state index is 12.9. The third-order valence-electron chi connectivity index (χ3n) is 5.81. The number of fused-ring (bicyclic) bond motifs is 1. The quantitative estimate of drug-likeness (QED) is 0.405. The number of hydrogen-bond donors (Lipinski definition) is 2. The molecule has 5 heteroatoms. The van der Waals surface area contributed by atoms with Crippen molar-refractivity contribution < 1.29 is 14.7 Å². The number of carbonyl (C=O) groups excluding carboxylic acids is 2. The maximum absolute atomic E-state index is 12.9. The van der Waals surface area contributed by atoms with Crippen molar-refractivity contribution in [1.82, 2.24) is 10.2 Å². The first-order chi connectivity index (χ1) is 16.0. The minimum absolute atomic E-state index is 0.109. The molecule has 0 saturated carbocycles. The van der Waals surface area contributed by atoms with Gasteiger partial charge in [0.25, 0.3) is 0 Å². The van der Waals surface area contributed by atoms with Crippen LogP contribution in [0.5, 0.6) is 5.75 Å². The zero-order valence-corrected chi connectivity index (χ0v) is 19.6. The Kier molecular flexibility index (Phi) is 8.87. The molecular weight excluding hydrogens is 412 g/mol. The predicted octanol–water partition coefficient (Wildman–Crippen LogP) is 5.57. The molecule has 0 bridgehead atoms. The average molecular weight is 447 g/mol. The summed E-state index contributed by atoms with van der Waals surface area (Å²) in [7, 11) is 0. The molecule has 3 rings (SSSR count). The van der Waals surface area contributed by atoms with E-state index in [4.69, 9.17) is 0 Å². The molecule has 0 heterocycles. The van der Waals surface area contributed by atoms with Gasteiger partial charge in [-0.15, -0.1) is 0 Å². The fourth-order valence-electron chi connectivity index (χ4n) is 4.25. The molecule has 2 amide bonds. The normalized spacial score (nSPS) is 11.8. The van der Waals surface area contributed by atoms with Crippen LogP contribution in [0.4, 0.5) is 0 Å². The van der Waals surface area contributed by atoms with E-state index in [1.807, 2.05) is 65.6 Å². The van der Waals surface area contributed by atoms with Crippen LogP contribution in [0.1, 0.15) is 63.1 Å². The van der Waals surface area contributed by atoms with E-state index in [0.29, 0.717) is 18.4 Å². The lowest BCUT2D eigenvalue weighted by Crippen LogP contribution is -2.33. The Labute approximate surface area is 196 Å². The third kappa shape index (κ3) is 6.35. The first-order valence-corrected chi connectivity index (χ1v) is 11.9. The van der Waals surface area contributed by atoms with Crippen LogP contribution < -0.4 is 5.32 Å². The number of rotatable bonds is 11. The van der Waals surface area contributed by atoms with Crippen molar-refractivity contribution in [3.8, 4) is 5.75 Å². The van der Waals surface area contributed by atoms with E-state index in [1.54, 1.807) is 6.07 Å². The lowest BCUT2D eigenvalue weighted by Gasteiger charge is -2.23. The van der Waals surface area contributed by atoms with Crippen LogP contribution >= 0.6 is 0 Å². The molecule has 33 heavy (non-hydrogen) atoms. The SMILES string of the molecule is CCCN(CCC)C(=O)CCCC(=O)NC(c1ccccc1)c1c(O)ccc2ccccc12. The topological polar surface area (TPSA) is 69.6 Å². The van der Waals surface area contributed by atoms with Crippen molar-refractivity contribution in [2.45, 2.75) is 52.0 Å². The molecule has 0 aliphatic carbocycles. The van der Waals surface area contributed by atoms with Gasteiger partial charge in [0.1, 0.15) is 5.75 Å². The minimum Gasteiger partial charge on any atom is -0.508 e. The molecule has 1 unspecified atom stereocenters. The van der Waals surface area contributed by atoms with Gasteiger partial charge in [-0.2, -0.15) is 0 Å². The summed E-state index contributed by atoms with van der Waals surface area (Å²) in [5, 5.41) is 15.8. The fourth-order valence-corrected chi connectivity index (χ4v) is 4.25. The van der Waals surface area contributed by atoms with Gasteiger partial charge in [0.2, 0.25) is 11.8 Å². The Hall–Kier alpha value is -3.34. The first kappa shape index (κ1) is 24.3. The van der Waals surface area contributed by atoms with Crippen LogP contribution in [-0.4, -0.2) is 34.9 Å². The van der Waals surface area contributed by atoms with E-state index in [1.165, 1.54) is 0 Å². The molecule has 0 aliphatic rings. The van der Waals surface area contributed by atoms with Crippen molar-refractivity contribution in [3.63, 3.8) is 0 Å². The summed E-state index contributed by atoms with van der Waals surface area (Å²) in [5.74, 6) is 0.118. The van der Waals surface area contributed by atoms with Crippen molar-refractivity contribution in [1.29, 1.82) is 0 Å². The van der Waals surface area contributed by atoms with Crippen molar-refractivity contribution in [3.05, 3.63) is 77.9 Å². The summed E-state index contributed by atoms with van der Waals surface area (Å²) in [4.78, 5) is 27.3. The van der Waals surface area contributed by atoms with Crippen molar-refractivity contribution in [2.75, 3.05) is 13.1 Å². The molecule has 0 radical (unpaired) electrons. The van der Waals surface area contributed by atoms with Gasteiger partial charge in [0.15, 0.2) is 0 Å². The Morgan fingerprint density at radius 2 is 1.55 bits per heavy atom. The second kappa shape index (κ2) is 12.0. The molecular formula is C28H34N2O3. The van der Waals surface area contributed by atoms with E-state index < -0.39 is 6.04 Å². The van der Waals surface area contributed by atoms with Crippen LogP contribution in [0.2, 0.25) is 0 Å². The monoisotopic (exact) mass is 446 g/mol. The van der Waals surface area contributed by atoms with E-state index in [-0.39, 0.29) is 24.0 Å². The highest BCUT2D eigenvalue weighted by Crippen LogP contribution is 2.35. The average Bonchev–Trinajstić information content (AvgIpc) is 2.83. The van der Waals surface area contributed by atoms with Gasteiger partial charge in [-0.1, -0.05) is 74.5 Å². The van der Waals surface area contributed by atoms with Gasteiger partial charge >= 0.3 is 0 Å². The van der Waals surface area contributed by atoms with Crippen LogP contribution in [0, 0.1) is 0 Å². The Morgan fingerprint density at radius 3 is 2.24 bits per heavy atom. The highest BCUT2D eigenvalue weighted by Gasteiger charge is 2.22. The molecule has 3 aromatic carbocycles. The zero-order valence-electron chi connectivity index (χ0n) is 19.6. The predicted molar refractivity (Wildman–Crippen MR) is 133 cm³/mol. The second-order valence-corrected chi connectivity index (χ2v) is 8.37. The highest BCUT2D eigenvalue weighted by atomic mass is 16.3. The summed E-state index contributed by atoms with van der Waals surface area (Å²) < 4.78 is 0. The van der Waals surface area contributed by atoms with Gasteiger partial charge in [0.05, 0.1) is 6.04 Å². The minimum atomic E-state index is -0.489. The molecule has 174 valence electrons. The summed E-state index contributed by atoms with van der Waals surface area (Å²) in [6, 6.07) is 20.6. The van der Waals surface area contributed by atoms with Crippen molar-refractivity contribution in [2.24, 2.45) is 0 Å². The van der Waals surface area contributed by atoms with E-state index >= 15 is 0 Å². The van der Waals surface area contributed by atoms with Crippen LogP contribution in [0.15, 0.2) is 66.7 Å². The zero-order chi connectivity index (χ0) is 23.6. The number of amides is 2. The molecule has 5 nitrogen and oxygen atoms in total. The second-order valence-electron chi connectivity index (χ2n) is 8.37. The first-order valence-electron chi connectivity index (χ1n) is 11.9. The molecule has 0 spiro atoms. The van der Waals surface area contributed by atoms with Gasteiger partial charge in [-0.25, -0.2) is 0 Å². The number of nitrogens with zero attached hydrogens (tertiary/aromatic N) is 1. The van der Waals surface area contributed by atoms with Gasteiger partial charge < -0.3 is 15.3 Å². The molecule has 0 saturated heterocycles. The number of phenolic OH excluding ortho intramolecular Hbond substituents is 1. The molecule has 3 aromatic rings. The molecule has 0 aromatic heterocycles. The summed E-state index contributed by atoms with van der Waals surface area (Å²) >= 11 is 0. The number of benzene rings is 3. The van der Waals surface area contributed by atoms with Crippen LogP contribution in [0.3, 0.4) is 0 Å². The largest absolute Gasteiger partial charge is 0.508 e. The fraction of sp³-hybridized carbons (Fsp3) is 0.357. The van der Waals surface area contributed by atoms with Crippen LogP contribution in [-0.2, 0) is 9.59 Å². The summed E-state index contributed by atoms with van der Waals surface area (Å²) in [6.45, 7) is 5.65. The molecule has 2 N–H and O–H groups in total. The van der Waals surface area contributed by atoms with Crippen molar-refractivity contribution >= 4 is 22.6 Å². The third-order valence-corrected chi connectivity index (χ3v) is 5.81. The van der Waals surface area contributed by atoms with E-state index in [2.05, 4.69) is 19.2 Å².